The van der Waals surface area contributed by atoms with Crippen LogP contribution in [0.5, 0.6) is 0 Å². The predicted octanol–water partition coefficient (Wildman–Crippen LogP) is 4.16. The largest absolute Gasteiger partial charge is 0.306 e. The van der Waals surface area contributed by atoms with E-state index in [1.165, 1.54) is 11.6 Å². The molecule has 5 rings (SSSR count). The minimum atomic E-state index is -0.225. The third kappa shape index (κ3) is 1.89. The van der Waals surface area contributed by atoms with Crippen LogP contribution in [-0.4, -0.2) is 19.1 Å². The van der Waals surface area contributed by atoms with Gasteiger partial charge in [0, 0.05) is 6.04 Å². The van der Waals surface area contributed by atoms with Gasteiger partial charge in [0.2, 0.25) is 5.95 Å². The number of benzene rings is 2. The molecule has 4 nitrogen and oxygen atoms in total. The van der Waals surface area contributed by atoms with Crippen molar-refractivity contribution in [3.8, 4) is 5.95 Å². The number of hydrogen-bond donors (Lipinski definition) is 0. The van der Waals surface area contributed by atoms with Crippen LogP contribution in [0.3, 0.4) is 0 Å². The van der Waals surface area contributed by atoms with Crippen molar-refractivity contribution in [1.82, 2.24) is 19.1 Å². The predicted molar refractivity (Wildman–Crippen MR) is 87.3 cm³/mol. The summed E-state index contributed by atoms with van der Waals surface area (Å²) in [7, 11) is 0. The van der Waals surface area contributed by atoms with Crippen molar-refractivity contribution in [2.45, 2.75) is 25.8 Å². The summed E-state index contributed by atoms with van der Waals surface area (Å²) in [6, 6.07) is 11.4. The fourth-order valence-corrected chi connectivity index (χ4v) is 3.20. The Hall–Kier alpha value is -2.69. The van der Waals surface area contributed by atoms with Gasteiger partial charge in [0.15, 0.2) is 0 Å². The lowest BCUT2D eigenvalue weighted by atomic mass is 10.2. The third-order valence-electron chi connectivity index (χ3n) is 4.46. The maximum absolute atomic E-state index is 13.7. The number of imidazole rings is 2. The second kappa shape index (κ2) is 4.41. The van der Waals surface area contributed by atoms with Crippen LogP contribution in [0.1, 0.15) is 24.4 Å². The molecule has 5 heteroatoms. The van der Waals surface area contributed by atoms with E-state index in [0.29, 0.717) is 6.04 Å². The van der Waals surface area contributed by atoms with Crippen LogP contribution in [0.2, 0.25) is 0 Å². The van der Waals surface area contributed by atoms with E-state index in [-0.39, 0.29) is 5.82 Å². The number of fused-ring (bicyclic) bond motifs is 2. The van der Waals surface area contributed by atoms with Crippen molar-refractivity contribution < 1.29 is 4.39 Å². The van der Waals surface area contributed by atoms with Crippen molar-refractivity contribution in [2.75, 3.05) is 0 Å². The topological polar surface area (TPSA) is 35.6 Å². The Labute approximate surface area is 132 Å². The van der Waals surface area contributed by atoms with Crippen molar-refractivity contribution in [3.63, 3.8) is 0 Å². The summed E-state index contributed by atoms with van der Waals surface area (Å²) in [6.07, 6.45) is 4.03. The molecule has 2 heterocycles. The van der Waals surface area contributed by atoms with E-state index in [1.54, 1.807) is 18.5 Å². The van der Waals surface area contributed by atoms with Crippen LogP contribution in [0.4, 0.5) is 4.39 Å². The van der Waals surface area contributed by atoms with E-state index in [4.69, 9.17) is 4.98 Å². The number of rotatable bonds is 2. The van der Waals surface area contributed by atoms with E-state index >= 15 is 0 Å². The van der Waals surface area contributed by atoms with E-state index in [0.717, 1.165) is 40.9 Å². The van der Waals surface area contributed by atoms with Crippen LogP contribution in [-0.2, 0) is 0 Å². The highest BCUT2D eigenvalue weighted by molar-refractivity contribution is 5.81. The Morgan fingerprint density at radius 1 is 1.04 bits per heavy atom. The zero-order valence-corrected chi connectivity index (χ0v) is 12.7. The van der Waals surface area contributed by atoms with Gasteiger partial charge >= 0.3 is 0 Å². The summed E-state index contributed by atoms with van der Waals surface area (Å²) in [5.41, 5.74) is 4.83. The van der Waals surface area contributed by atoms with Gasteiger partial charge in [0.1, 0.15) is 12.1 Å². The lowest BCUT2D eigenvalue weighted by Gasteiger charge is -2.09. The van der Waals surface area contributed by atoms with E-state index in [9.17, 15) is 4.39 Å². The molecule has 0 radical (unpaired) electrons. The second-order valence-corrected chi connectivity index (χ2v) is 6.25. The van der Waals surface area contributed by atoms with Crippen molar-refractivity contribution in [1.29, 1.82) is 0 Å². The van der Waals surface area contributed by atoms with Crippen LogP contribution >= 0.6 is 0 Å². The van der Waals surface area contributed by atoms with Crippen LogP contribution in [0.25, 0.3) is 28.0 Å². The van der Waals surface area contributed by atoms with E-state index in [1.807, 2.05) is 4.57 Å². The first kappa shape index (κ1) is 12.8. The van der Waals surface area contributed by atoms with Gasteiger partial charge in [0.25, 0.3) is 0 Å². The molecular formula is C18H15FN4. The number of aromatic nitrogens is 4. The minimum absolute atomic E-state index is 0.225. The quantitative estimate of drug-likeness (QED) is 0.557. The Morgan fingerprint density at radius 2 is 1.91 bits per heavy atom. The number of hydrogen-bond acceptors (Lipinski definition) is 2. The number of halogens is 1. The molecule has 0 spiro atoms. The monoisotopic (exact) mass is 306 g/mol. The summed E-state index contributed by atoms with van der Waals surface area (Å²) >= 11 is 0. The summed E-state index contributed by atoms with van der Waals surface area (Å²) in [5.74, 6) is 0.594. The van der Waals surface area contributed by atoms with Crippen LogP contribution < -0.4 is 0 Å². The Balaban J connectivity index is 1.83. The molecular weight excluding hydrogens is 291 g/mol. The van der Waals surface area contributed by atoms with E-state index < -0.39 is 0 Å². The fraction of sp³-hybridized carbons (Fsp3) is 0.222. The molecule has 1 aliphatic rings. The highest BCUT2D eigenvalue weighted by atomic mass is 19.1. The zero-order valence-electron chi connectivity index (χ0n) is 12.7. The first-order chi connectivity index (χ1) is 11.2. The molecule has 1 aliphatic carbocycles. The maximum Gasteiger partial charge on any atom is 0.216 e. The molecule has 2 aromatic heterocycles. The molecule has 0 saturated heterocycles. The van der Waals surface area contributed by atoms with Crippen LogP contribution in [0.15, 0.2) is 42.7 Å². The standard InChI is InChI=1S/C18H15FN4/c1-11-2-7-16-15(8-11)20-10-22(16)18-21-14-6-3-12(19)9-17(14)23(18)13-4-5-13/h2-3,6-10,13H,4-5H2,1H3. The molecule has 0 bridgehead atoms. The number of aryl methyl sites for hydroxylation is 1. The normalized spacial score (nSPS) is 14.9. The van der Waals surface area contributed by atoms with Gasteiger partial charge in [-0.15, -0.1) is 0 Å². The highest BCUT2D eigenvalue weighted by Crippen LogP contribution is 2.40. The molecule has 4 aromatic rings. The minimum Gasteiger partial charge on any atom is -0.306 e. The summed E-state index contributed by atoms with van der Waals surface area (Å²) < 4.78 is 17.8. The molecule has 0 unspecified atom stereocenters. The molecule has 1 fully saturated rings. The first-order valence-corrected chi connectivity index (χ1v) is 7.82. The zero-order chi connectivity index (χ0) is 15.6. The Bertz CT molecular complexity index is 1060. The molecule has 0 amide bonds. The van der Waals surface area contributed by atoms with Gasteiger partial charge in [-0.05, 0) is 55.7 Å². The van der Waals surface area contributed by atoms with Gasteiger partial charge in [-0.1, -0.05) is 6.07 Å². The smallest absolute Gasteiger partial charge is 0.216 e. The molecule has 0 N–H and O–H groups in total. The third-order valence-corrected chi connectivity index (χ3v) is 4.46. The summed E-state index contributed by atoms with van der Waals surface area (Å²) in [4.78, 5) is 9.25. The van der Waals surface area contributed by atoms with Crippen molar-refractivity contribution >= 4 is 22.1 Å². The Kier molecular flexibility index (Phi) is 2.46. The summed E-state index contributed by atoms with van der Waals surface area (Å²) in [6.45, 7) is 2.06. The van der Waals surface area contributed by atoms with Crippen molar-refractivity contribution in [3.05, 3.63) is 54.1 Å². The molecule has 1 saturated carbocycles. The second-order valence-electron chi connectivity index (χ2n) is 6.25. The van der Waals surface area contributed by atoms with Gasteiger partial charge in [-0.2, -0.15) is 0 Å². The molecule has 2 aromatic carbocycles. The maximum atomic E-state index is 13.7. The van der Waals surface area contributed by atoms with Gasteiger partial charge < -0.3 is 4.57 Å². The average molecular weight is 306 g/mol. The van der Waals surface area contributed by atoms with Crippen LogP contribution in [0, 0.1) is 12.7 Å². The van der Waals surface area contributed by atoms with Gasteiger partial charge in [-0.25, -0.2) is 14.4 Å². The molecule has 0 aliphatic heterocycles. The lowest BCUT2D eigenvalue weighted by molar-refractivity contribution is 0.627. The van der Waals surface area contributed by atoms with Crippen molar-refractivity contribution in [2.24, 2.45) is 0 Å². The van der Waals surface area contributed by atoms with Gasteiger partial charge in [0.05, 0.1) is 22.1 Å². The van der Waals surface area contributed by atoms with Gasteiger partial charge in [-0.3, -0.25) is 4.57 Å². The first-order valence-electron chi connectivity index (χ1n) is 7.82. The SMILES string of the molecule is Cc1ccc2c(c1)ncn2-c1nc2ccc(F)cc2n1C1CC1. The fourth-order valence-electron chi connectivity index (χ4n) is 3.20. The lowest BCUT2D eigenvalue weighted by Crippen LogP contribution is -2.04. The summed E-state index contributed by atoms with van der Waals surface area (Å²) in [5, 5.41) is 0. The average Bonchev–Trinajstić information content (AvgIpc) is 3.18. The molecule has 0 atom stereocenters. The van der Waals surface area contributed by atoms with E-state index in [2.05, 4.69) is 34.7 Å². The molecule has 23 heavy (non-hydrogen) atoms. The highest BCUT2D eigenvalue weighted by Gasteiger charge is 2.29. The molecule has 114 valence electrons. The Morgan fingerprint density at radius 3 is 2.74 bits per heavy atom. The number of nitrogens with zero attached hydrogens (tertiary/aromatic N) is 4.